The molecule has 0 fully saturated rings. The summed E-state index contributed by atoms with van der Waals surface area (Å²) < 4.78 is 26.1. The van der Waals surface area contributed by atoms with Crippen molar-refractivity contribution < 1.29 is 23.1 Å². The maximum Gasteiger partial charge on any atom is 0.321 e. The summed E-state index contributed by atoms with van der Waals surface area (Å²) >= 11 is 1.29. The van der Waals surface area contributed by atoms with Crippen molar-refractivity contribution >= 4 is 38.9 Å². The summed E-state index contributed by atoms with van der Waals surface area (Å²) in [5, 5.41) is 13.2. The minimum Gasteiger partial charge on any atom is -0.480 e. The van der Waals surface area contributed by atoms with Crippen molar-refractivity contribution in [2.45, 2.75) is 17.9 Å². The zero-order valence-electron chi connectivity index (χ0n) is 12.0. The van der Waals surface area contributed by atoms with E-state index in [0.29, 0.717) is 10.6 Å². The van der Waals surface area contributed by atoms with E-state index in [1.54, 1.807) is 17.5 Å². The Hall–Kier alpha value is -2.23. The Labute approximate surface area is 137 Å². The van der Waals surface area contributed by atoms with E-state index in [2.05, 4.69) is 5.32 Å². The van der Waals surface area contributed by atoms with E-state index in [1.165, 1.54) is 42.5 Å². The largest absolute Gasteiger partial charge is 0.480 e. The van der Waals surface area contributed by atoms with Crippen LogP contribution in [0.15, 0.2) is 46.7 Å². The molecule has 1 heterocycles. The van der Waals surface area contributed by atoms with Gasteiger partial charge >= 0.3 is 5.97 Å². The van der Waals surface area contributed by atoms with Crippen molar-refractivity contribution in [3.05, 3.63) is 46.7 Å². The van der Waals surface area contributed by atoms with Gasteiger partial charge in [0, 0.05) is 5.69 Å². The van der Waals surface area contributed by atoms with Gasteiger partial charge in [-0.1, -0.05) is 6.07 Å². The maximum atomic E-state index is 12.0. The minimum absolute atomic E-state index is 0.0836. The molecule has 1 aromatic carbocycles. The predicted octanol–water partition coefficient (Wildman–Crippen LogP) is 1.75. The van der Waals surface area contributed by atoms with Crippen LogP contribution in [0.4, 0.5) is 5.69 Å². The number of carbonyl (C=O) groups is 2. The molecule has 0 aliphatic rings. The summed E-state index contributed by atoms with van der Waals surface area (Å²) in [4.78, 5) is 23.1. The summed E-state index contributed by atoms with van der Waals surface area (Å²) in [6, 6.07) is 7.65. The summed E-state index contributed by atoms with van der Waals surface area (Å²) in [6.45, 7) is 1.23. The first-order chi connectivity index (χ1) is 10.8. The van der Waals surface area contributed by atoms with Gasteiger partial charge in [0.2, 0.25) is 10.0 Å². The highest BCUT2D eigenvalue weighted by molar-refractivity contribution is 7.89. The Morgan fingerprint density at radius 3 is 2.35 bits per heavy atom. The third-order valence-corrected chi connectivity index (χ3v) is 5.30. The fourth-order valence-electron chi connectivity index (χ4n) is 1.67. The third kappa shape index (κ3) is 4.38. The van der Waals surface area contributed by atoms with Crippen LogP contribution >= 0.6 is 11.3 Å². The van der Waals surface area contributed by atoms with E-state index in [-0.39, 0.29) is 10.8 Å². The first-order valence-electron chi connectivity index (χ1n) is 6.49. The first-order valence-corrected chi connectivity index (χ1v) is 8.86. The van der Waals surface area contributed by atoms with Gasteiger partial charge in [-0.2, -0.15) is 4.72 Å². The van der Waals surface area contributed by atoms with E-state index in [0.717, 1.165) is 0 Å². The van der Waals surface area contributed by atoms with E-state index in [4.69, 9.17) is 5.11 Å². The Bertz CT molecular complexity index is 798. The lowest BCUT2D eigenvalue weighted by Crippen LogP contribution is -2.38. The lowest BCUT2D eigenvalue weighted by Gasteiger charge is -2.11. The van der Waals surface area contributed by atoms with Gasteiger partial charge in [0.1, 0.15) is 6.04 Å². The monoisotopic (exact) mass is 354 g/mol. The van der Waals surface area contributed by atoms with E-state index < -0.39 is 22.0 Å². The molecule has 0 spiro atoms. The number of carboxylic acids is 1. The minimum atomic E-state index is -3.93. The molecule has 0 saturated heterocycles. The molecule has 0 saturated carbocycles. The number of amides is 1. The van der Waals surface area contributed by atoms with Gasteiger partial charge in [-0.3, -0.25) is 9.59 Å². The molecule has 7 nitrogen and oxygen atoms in total. The van der Waals surface area contributed by atoms with Crippen LogP contribution in [0.2, 0.25) is 0 Å². The second-order valence-corrected chi connectivity index (χ2v) is 7.30. The fourth-order valence-corrected chi connectivity index (χ4v) is 3.48. The molecule has 23 heavy (non-hydrogen) atoms. The van der Waals surface area contributed by atoms with Crippen LogP contribution in [0.3, 0.4) is 0 Å². The van der Waals surface area contributed by atoms with Crippen molar-refractivity contribution in [3.63, 3.8) is 0 Å². The van der Waals surface area contributed by atoms with Gasteiger partial charge < -0.3 is 10.4 Å². The van der Waals surface area contributed by atoms with Crippen molar-refractivity contribution in [3.8, 4) is 0 Å². The van der Waals surface area contributed by atoms with Gasteiger partial charge in [0.05, 0.1) is 9.77 Å². The molecule has 0 radical (unpaired) electrons. The summed E-state index contributed by atoms with van der Waals surface area (Å²) in [5.74, 6) is -1.55. The molecule has 1 aromatic heterocycles. The quantitative estimate of drug-likeness (QED) is 0.731. The SMILES string of the molecule is CC(NS(=O)(=O)c1ccc(NC(=O)c2cccs2)cc1)C(=O)O. The average molecular weight is 354 g/mol. The number of anilines is 1. The number of benzene rings is 1. The Kier molecular flexibility index (Phi) is 5.14. The highest BCUT2D eigenvalue weighted by Gasteiger charge is 2.21. The standard InChI is InChI=1S/C14H14N2O5S2/c1-9(14(18)19)16-23(20,21)11-6-4-10(5-7-11)15-13(17)12-3-2-8-22-12/h2-9,16H,1H3,(H,15,17)(H,18,19). The number of nitrogens with one attached hydrogen (secondary N) is 2. The lowest BCUT2D eigenvalue weighted by molar-refractivity contribution is -0.138. The zero-order chi connectivity index (χ0) is 17.0. The van der Waals surface area contributed by atoms with Crippen LogP contribution < -0.4 is 10.0 Å². The van der Waals surface area contributed by atoms with Gasteiger partial charge in [0.15, 0.2) is 0 Å². The number of hydrogen-bond acceptors (Lipinski definition) is 5. The molecule has 122 valence electrons. The third-order valence-electron chi connectivity index (χ3n) is 2.87. The molecule has 9 heteroatoms. The number of thiophene rings is 1. The summed E-state index contributed by atoms with van der Waals surface area (Å²) in [6.07, 6.45) is 0. The molecule has 2 rings (SSSR count). The molecule has 0 bridgehead atoms. The topological polar surface area (TPSA) is 113 Å². The van der Waals surface area contributed by atoms with Crippen LogP contribution in [-0.4, -0.2) is 31.4 Å². The number of rotatable bonds is 6. The van der Waals surface area contributed by atoms with Crippen LogP contribution in [-0.2, 0) is 14.8 Å². The Morgan fingerprint density at radius 1 is 1.17 bits per heavy atom. The highest BCUT2D eigenvalue weighted by Crippen LogP contribution is 2.16. The van der Waals surface area contributed by atoms with Gasteiger partial charge in [0.25, 0.3) is 5.91 Å². The predicted molar refractivity (Wildman–Crippen MR) is 86.1 cm³/mol. The molecular formula is C14H14N2O5S2. The molecule has 2 aromatic rings. The number of carboxylic acid groups (broad SMARTS) is 1. The van der Waals surface area contributed by atoms with Crippen molar-refractivity contribution in [2.75, 3.05) is 5.32 Å². The summed E-state index contributed by atoms with van der Waals surface area (Å²) in [5.41, 5.74) is 0.439. The molecule has 1 atom stereocenters. The van der Waals surface area contributed by atoms with Crippen LogP contribution in [0, 0.1) is 0 Å². The Balaban J connectivity index is 2.10. The zero-order valence-corrected chi connectivity index (χ0v) is 13.6. The Morgan fingerprint density at radius 2 is 1.83 bits per heavy atom. The molecule has 0 aliphatic carbocycles. The number of carbonyl (C=O) groups excluding carboxylic acids is 1. The normalized spacial score (nSPS) is 12.6. The second-order valence-electron chi connectivity index (χ2n) is 4.64. The number of sulfonamides is 1. The van der Waals surface area contributed by atoms with Crippen molar-refractivity contribution in [1.29, 1.82) is 0 Å². The summed E-state index contributed by atoms with van der Waals surface area (Å²) in [7, 11) is -3.93. The van der Waals surface area contributed by atoms with Gasteiger partial charge in [-0.25, -0.2) is 8.42 Å². The van der Waals surface area contributed by atoms with E-state index in [9.17, 15) is 18.0 Å². The van der Waals surface area contributed by atoms with E-state index in [1.807, 2.05) is 4.72 Å². The van der Waals surface area contributed by atoms with Crippen LogP contribution in [0.1, 0.15) is 16.6 Å². The second kappa shape index (κ2) is 6.90. The van der Waals surface area contributed by atoms with E-state index >= 15 is 0 Å². The fraction of sp³-hybridized carbons (Fsp3) is 0.143. The average Bonchev–Trinajstić information content (AvgIpc) is 3.01. The maximum absolute atomic E-state index is 12.0. The van der Waals surface area contributed by atoms with Crippen LogP contribution in [0.5, 0.6) is 0 Å². The molecule has 1 unspecified atom stereocenters. The number of hydrogen-bond donors (Lipinski definition) is 3. The molecular weight excluding hydrogens is 340 g/mol. The molecule has 1 amide bonds. The van der Waals surface area contributed by atoms with Crippen molar-refractivity contribution in [1.82, 2.24) is 4.72 Å². The van der Waals surface area contributed by atoms with Crippen molar-refractivity contribution in [2.24, 2.45) is 0 Å². The number of aliphatic carboxylic acids is 1. The van der Waals surface area contributed by atoms with Gasteiger partial charge in [-0.05, 0) is 42.6 Å². The van der Waals surface area contributed by atoms with Crippen LogP contribution in [0.25, 0.3) is 0 Å². The first kappa shape index (κ1) is 17.1. The molecule has 3 N–H and O–H groups in total. The smallest absolute Gasteiger partial charge is 0.321 e. The van der Waals surface area contributed by atoms with Gasteiger partial charge in [-0.15, -0.1) is 11.3 Å². The molecule has 0 aliphatic heterocycles. The highest BCUT2D eigenvalue weighted by atomic mass is 32.2. The lowest BCUT2D eigenvalue weighted by atomic mass is 10.3.